The molecule has 0 aliphatic heterocycles. The molecule has 284 valence electrons. The van der Waals surface area contributed by atoms with E-state index in [0.29, 0.717) is 0 Å². The first kappa shape index (κ1) is 34.8. The van der Waals surface area contributed by atoms with Gasteiger partial charge in [0.1, 0.15) is 0 Å². The van der Waals surface area contributed by atoms with Gasteiger partial charge in [-0.1, -0.05) is 184 Å². The quantitative estimate of drug-likeness (QED) is 0.169. The van der Waals surface area contributed by atoms with Gasteiger partial charge in [-0.3, -0.25) is 0 Å². The molecule has 60 heavy (non-hydrogen) atoms. The lowest BCUT2D eigenvalue weighted by atomic mass is 9.70. The van der Waals surface area contributed by atoms with Crippen molar-refractivity contribution < 1.29 is 0 Å². The van der Waals surface area contributed by atoms with Crippen LogP contribution >= 0.6 is 0 Å². The van der Waals surface area contributed by atoms with Gasteiger partial charge in [-0.25, -0.2) is 0 Å². The van der Waals surface area contributed by atoms with E-state index in [-0.39, 0.29) is 5.41 Å². The van der Waals surface area contributed by atoms with Crippen LogP contribution in [0.3, 0.4) is 0 Å². The molecule has 3 aliphatic rings. The Morgan fingerprint density at radius 3 is 1.27 bits per heavy atom. The summed E-state index contributed by atoms with van der Waals surface area (Å²) in [7, 11) is 0. The number of hydrogen-bond donors (Lipinski definition) is 0. The molecule has 1 spiro atoms. The van der Waals surface area contributed by atoms with Gasteiger partial charge in [0, 0.05) is 22.5 Å². The van der Waals surface area contributed by atoms with Crippen molar-refractivity contribution in [2.24, 2.45) is 0 Å². The highest BCUT2D eigenvalue weighted by molar-refractivity contribution is 5.97. The van der Waals surface area contributed by atoms with Crippen molar-refractivity contribution in [1.82, 2.24) is 0 Å². The molecular formula is C59H43N. The second-order valence-corrected chi connectivity index (χ2v) is 17.3. The Balaban J connectivity index is 1.06. The summed E-state index contributed by atoms with van der Waals surface area (Å²) in [5.41, 5.74) is 25.1. The molecule has 3 aliphatic carbocycles. The van der Waals surface area contributed by atoms with Crippen LogP contribution in [0, 0.1) is 6.92 Å². The second-order valence-electron chi connectivity index (χ2n) is 17.3. The number of nitrogens with zero attached hydrogens (tertiary/aromatic N) is 1. The van der Waals surface area contributed by atoms with Crippen molar-refractivity contribution in [2.75, 3.05) is 4.90 Å². The molecule has 0 heterocycles. The van der Waals surface area contributed by atoms with E-state index in [0.717, 1.165) is 11.4 Å². The minimum atomic E-state index is -0.423. The predicted octanol–water partition coefficient (Wildman–Crippen LogP) is 15.4. The number of benzene rings is 9. The third kappa shape index (κ3) is 4.81. The fourth-order valence-electron chi connectivity index (χ4n) is 11.1. The third-order valence-electron chi connectivity index (χ3n) is 13.8. The first-order valence-corrected chi connectivity index (χ1v) is 21.2. The van der Waals surface area contributed by atoms with Crippen LogP contribution in [0.25, 0.3) is 55.6 Å². The Morgan fingerprint density at radius 2 is 0.717 bits per heavy atom. The zero-order valence-electron chi connectivity index (χ0n) is 34.1. The lowest BCUT2D eigenvalue weighted by molar-refractivity contribution is 0.660. The van der Waals surface area contributed by atoms with Crippen molar-refractivity contribution >= 4 is 17.1 Å². The summed E-state index contributed by atoms with van der Waals surface area (Å²) >= 11 is 0. The SMILES string of the molecule is Cc1cc(-c2ccc(-c3ccccc3)cc2)ccc1N(c1ccc2c(c1)C(C)(C)c1ccccc1-2)c1ccc2c(c1)C1(c3ccccc3-c3ccccc31)c1ccccc1-2. The number of rotatable bonds is 5. The molecule has 0 amide bonds. The Morgan fingerprint density at radius 1 is 0.317 bits per heavy atom. The third-order valence-corrected chi connectivity index (χ3v) is 13.8. The maximum Gasteiger partial charge on any atom is 0.0726 e. The number of anilines is 3. The van der Waals surface area contributed by atoms with Crippen molar-refractivity contribution in [2.45, 2.75) is 31.6 Å². The van der Waals surface area contributed by atoms with Crippen LogP contribution in [0.5, 0.6) is 0 Å². The minimum Gasteiger partial charge on any atom is -0.310 e. The Bertz CT molecular complexity index is 3120. The standard InChI is InChI=1S/C59H43N/c1-38-35-42(41-27-25-40(26-28-41)39-15-5-4-6-16-39)29-34-57(38)60(43-30-32-49-45-17-7-11-21-51(45)58(2,3)55(49)36-43)44-31-33-50-48-20-10-14-24-54(48)59(56(50)37-44)52-22-12-8-18-46(52)47-19-9-13-23-53(47)59/h4-37H,1-3H3. The van der Waals surface area contributed by atoms with Crippen LogP contribution in [-0.4, -0.2) is 0 Å². The molecule has 12 rings (SSSR count). The minimum absolute atomic E-state index is 0.126. The first-order valence-electron chi connectivity index (χ1n) is 21.2. The van der Waals surface area contributed by atoms with Crippen LogP contribution in [-0.2, 0) is 10.8 Å². The molecule has 0 unspecified atom stereocenters. The van der Waals surface area contributed by atoms with Crippen LogP contribution in [0.15, 0.2) is 206 Å². The summed E-state index contributed by atoms with van der Waals surface area (Å²) in [6, 6.07) is 77.2. The van der Waals surface area contributed by atoms with Gasteiger partial charge in [0.2, 0.25) is 0 Å². The fourth-order valence-corrected chi connectivity index (χ4v) is 11.1. The first-order chi connectivity index (χ1) is 29.4. The molecule has 0 radical (unpaired) electrons. The van der Waals surface area contributed by atoms with E-state index in [9.17, 15) is 0 Å². The van der Waals surface area contributed by atoms with Gasteiger partial charge in [-0.05, 0) is 138 Å². The molecule has 9 aromatic carbocycles. The summed E-state index contributed by atoms with van der Waals surface area (Å²) in [5.74, 6) is 0. The van der Waals surface area contributed by atoms with Gasteiger partial charge >= 0.3 is 0 Å². The van der Waals surface area contributed by atoms with Crippen molar-refractivity contribution in [3.05, 3.63) is 245 Å². The highest BCUT2D eigenvalue weighted by atomic mass is 15.1. The summed E-state index contributed by atoms with van der Waals surface area (Å²) in [6.45, 7) is 7.02. The molecule has 1 heteroatoms. The zero-order chi connectivity index (χ0) is 40.2. The Kier molecular flexibility index (Phi) is 7.47. The van der Waals surface area contributed by atoms with Crippen LogP contribution in [0.1, 0.15) is 52.8 Å². The fraction of sp³-hybridized carbons (Fsp3) is 0.0847. The molecule has 0 atom stereocenters. The predicted molar refractivity (Wildman–Crippen MR) is 251 cm³/mol. The number of hydrogen-bond acceptors (Lipinski definition) is 1. The lowest BCUT2D eigenvalue weighted by Gasteiger charge is -2.33. The van der Waals surface area contributed by atoms with Gasteiger partial charge in [0.25, 0.3) is 0 Å². The summed E-state index contributed by atoms with van der Waals surface area (Å²) in [4.78, 5) is 2.51. The summed E-state index contributed by atoms with van der Waals surface area (Å²) in [6.07, 6.45) is 0. The summed E-state index contributed by atoms with van der Waals surface area (Å²) in [5, 5.41) is 0. The number of aryl methyl sites for hydroxylation is 1. The van der Waals surface area contributed by atoms with E-state index in [2.05, 4.69) is 232 Å². The van der Waals surface area contributed by atoms with Gasteiger partial charge in [-0.15, -0.1) is 0 Å². The van der Waals surface area contributed by atoms with Gasteiger partial charge < -0.3 is 4.90 Å². The largest absolute Gasteiger partial charge is 0.310 e. The normalized spacial score (nSPS) is 14.2. The van der Waals surface area contributed by atoms with Gasteiger partial charge in [0.05, 0.1) is 5.41 Å². The molecule has 0 saturated heterocycles. The topological polar surface area (TPSA) is 3.24 Å². The Labute approximate surface area is 352 Å². The van der Waals surface area contributed by atoms with Crippen molar-refractivity contribution in [3.8, 4) is 55.6 Å². The number of fused-ring (bicyclic) bond motifs is 13. The van der Waals surface area contributed by atoms with E-state index in [1.807, 2.05) is 0 Å². The maximum atomic E-state index is 2.51. The zero-order valence-corrected chi connectivity index (χ0v) is 34.1. The molecule has 0 N–H and O–H groups in total. The van der Waals surface area contributed by atoms with Crippen molar-refractivity contribution in [3.63, 3.8) is 0 Å². The highest BCUT2D eigenvalue weighted by Crippen LogP contribution is 2.63. The molecule has 0 bridgehead atoms. The maximum absolute atomic E-state index is 2.51. The van der Waals surface area contributed by atoms with E-state index in [4.69, 9.17) is 0 Å². The molecule has 9 aromatic rings. The van der Waals surface area contributed by atoms with Crippen LogP contribution < -0.4 is 4.90 Å². The lowest BCUT2D eigenvalue weighted by Crippen LogP contribution is -2.26. The molecule has 0 fully saturated rings. The molecule has 0 aromatic heterocycles. The van der Waals surface area contributed by atoms with Gasteiger partial charge in [-0.2, -0.15) is 0 Å². The van der Waals surface area contributed by atoms with Crippen molar-refractivity contribution in [1.29, 1.82) is 0 Å². The highest BCUT2D eigenvalue weighted by Gasteiger charge is 2.51. The second kappa shape index (κ2) is 12.9. The van der Waals surface area contributed by atoms with E-state index in [1.165, 1.54) is 100 Å². The average molecular weight is 766 g/mol. The van der Waals surface area contributed by atoms with E-state index >= 15 is 0 Å². The molecular weight excluding hydrogens is 723 g/mol. The van der Waals surface area contributed by atoms with E-state index < -0.39 is 5.41 Å². The smallest absolute Gasteiger partial charge is 0.0726 e. The monoisotopic (exact) mass is 765 g/mol. The van der Waals surface area contributed by atoms with Gasteiger partial charge in [0.15, 0.2) is 0 Å². The average Bonchev–Trinajstić information content (AvgIpc) is 3.86. The Hall–Kier alpha value is -7.22. The van der Waals surface area contributed by atoms with Crippen LogP contribution in [0.4, 0.5) is 17.1 Å². The summed E-state index contributed by atoms with van der Waals surface area (Å²) < 4.78 is 0. The molecule has 0 saturated carbocycles. The molecule has 1 nitrogen and oxygen atoms in total. The van der Waals surface area contributed by atoms with E-state index in [1.54, 1.807) is 0 Å². The van der Waals surface area contributed by atoms with Crippen LogP contribution in [0.2, 0.25) is 0 Å².